The van der Waals surface area contributed by atoms with E-state index in [1.54, 1.807) is 41.3 Å². The van der Waals surface area contributed by atoms with Gasteiger partial charge in [0.2, 0.25) is 0 Å². The van der Waals surface area contributed by atoms with Crippen LogP contribution in [0, 0.1) is 0 Å². The number of halogens is 1. The third-order valence-electron chi connectivity index (χ3n) is 4.45. The third-order valence-corrected chi connectivity index (χ3v) is 4.45. The molecule has 7 nitrogen and oxygen atoms in total. The number of nitrogens with zero attached hydrogens (tertiary/aromatic N) is 1. The Balaban J connectivity index is 0.00000261. The van der Waals surface area contributed by atoms with Crippen molar-refractivity contribution in [2.24, 2.45) is 0 Å². The Morgan fingerprint density at radius 2 is 2.04 bits per heavy atom. The summed E-state index contributed by atoms with van der Waals surface area (Å²) in [5, 5.41) is 6.02. The molecule has 0 aliphatic carbocycles. The number of carbonyl (C=O) groups excluding carboxylic acids is 2. The zero-order valence-corrected chi connectivity index (χ0v) is 16.0. The summed E-state index contributed by atoms with van der Waals surface area (Å²) in [5.74, 6) is 0.361. The van der Waals surface area contributed by atoms with Crippen molar-refractivity contribution in [1.29, 1.82) is 0 Å². The van der Waals surface area contributed by atoms with Crippen LogP contribution < -0.4 is 15.4 Å². The van der Waals surface area contributed by atoms with Crippen LogP contribution in [0.3, 0.4) is 0 Å². The van der Waals surface area contributed by atoms with Crippen LogP contribution in [0.4, 0.5) is 5.69 Å². The summed E-state index contributed by atoms with van der Waals surface area (Å²) in [6.07, 6.45) is 3.35. The fourth-order valence-electron chi connectivity index (χ4n) is 2.91. The Labute approximate surface area is 164 Å². The Bertz CT molecular complexity index is 745. The third kappa shape index (κ3) is 5.74. The summed E-state index contributed by atoms with van der Waals surface area (Å²) >= 11 is 0. The molecule has 1 fully saturated rings. The first-order chi connectivity index (χ1) is 12.6. The van der Waals surface area contributed by atoms with Gasteiger partial charge in [-0.3, -0.25) is 9.59 Å². The molecule has 8 heteroatoms. The summed E-state index contributed by atoms with van der Waals surface area (Å²) in [7, 11) is 1.82. The lowest BCUT2D eigenvalue weighted by Gasteiger charge is -2.31. The molecule has 1 saturated heterocycles. The van der Waals surface area contributed by atoms with E-state index in [0.717, 1.165) is 25.9 Å². The lowest BCUT2D eigenvalue weighted by atomic mass is 10.1. The first-order valence-corrected chi connectivity index (χ1v) is 8.67. The van der Waals surface area contributed by atoms with E-state index in [1.165, 1.54) is 6.26 Å². The number of nitrogens with one attached hydrogen (secondary N) is 2. The average molecular weight is 394 g/mol. The maximum atomic E-state index is 12.3. The maximum absolute atomic E-state index is 12.3. The van der Waals surface area contributed by atoms with Gasteiger partial charge in [-0.25, -0.2) is 0 Å². The predicted octanol–water partition coefficient (Wildman–Crippen LogP) is 2.54. The van der Waals surface area contributed by atoms with E-state index in [4.69, 9.17) is 9.15 Å². The first-order valence-electron chi connectivity index (χ1n) is 8.67. The van der Waals surface area contributed by atoms with Crippen molar-refractivity contribution in [3.05, 3.63) is 48.4 Å². The summed E-state index contributed by atoms with van der Waals surface area (Å²) in [4.78, 5) is 26.1. The van der Waals surface area contributed by atoms with Gasteiger partial charge in [0.15, 0.2) is 12.4 Å². The molecule has 3 rings (SSSR count). The van der Waals surface area contributed by atoms with Gasteiger partial charge < -0.3 is 24.7 Å². The molecule has 0 radical (unpaired) electrons. The van der Waals surface area contributed by atoms with Crippen LogP contribution in [0.5, 0.6) is 5.75 Å². The molecule has 0 saturated carbocycles. The summed E-state index contributed by atoms with van der Waals surface area (Å²) in [6, 6.07) is 10.4. The second kappa shape index (κ2) is 9.99. The standard InChI is InChI=1S/C19H23N3O4.ClH/c1-22(15-7-9-20-10-8-15)18(23)13-26-16-5-2-4-14(12-16)21-19(24)17-6-3-11-25-17;/h2-6,11-12,15,20H,7-10,13H2,1H3,(H,21,24);1H. The molecule has 1 aromatic heterocycles. The van der Waals surface area contributed by atoms with Gasteiger partial charge in [-0.15, -0.1) is 12.4 Å². The van der Waals surface area contributed by atoms with Crippen LogP contribution in [0.1, 0.15) is 23.4 Å². The van der Waals surface area contributed by atoms with Crippen molar-refractivity contribution in [2.45, 2.75) is 18.9 Å². The number of hydrogen-bond donors (Lipinski definition) is 2. The summed E-state index contributed by atoms with van der Waals surface area (Å²) < 4.78 is 10.7. The molecule has 2 N–H and O–H groups in total. The zero-order valence-electron chi connectivity index (χ0n) is 15.1. The van der Waals surface area contributed by atoms with Crippen LogP contribution in [-0.2, 0) is 4.79 Å². The van der Waals surface area contributed by atoms with Gasteiger partial charge in [0, 0.05) is 24.8 Å². The summed E-state index contributed by atoms with van der Waals surface area (Å²) in [6.45, 7) is 1.83. The number of anilines is 1. The molecule has 1 aliphatic heterocycles. The minimum Gasteiger partial charge on any atom is -0.484 e. The SMILES string of the molecule is CN(C(=O)COc1cccc(NC(=O)c2ccco2)c1)C1CCNCC1.Cl. The van der Waals surface area contributed by atoms with Crippen LogP contribution in [0.15, 0.2) is 47.1 Å². The number of rotatable bonds is 6. The van der Waals surface area contributed by atoms with E-state index >= 15 is 0 Å². The van der Waals surface area contributed by atoms with Crippen molar-refractivity contribution in [3.8, 4) is 5.75 Å². The highest BCUT2D eigenvalue weighted by Crippen LogP contribution is 2.19. The number of amides is 2. The van der Waals surface area contributed by atoms with Gasteiger partial charge in [0.05, 0.1) is 6.26 Å². The highest BCUT2D eigenvalue weighted by atomic mass is 35.5. The van der Waals surface area contributed by atoms with Crippen molar-refractivity contribution in [1.82, 2.24) is 10.2 Å². The molecule has 0 unspecified atom stereocenters. The van der Waals surface area contributed by atoms with E-state index in [1.807, 2.05) is 7.05 Å². The predicted molar refractivity (Wildman–Crippen MR) is 105 cm³/mol. The molecule has 0 spiro atoms. The number of likely N-dealkylation sites (N-methyl/N-ethyl adjacent to an activating group) is 1. The van der Waals surface area contributed by atoms with Gasteiger partial charge in [0.1, 0.15) is 5.75 Å². The van der Waals surface area contributed by atoms with Gasteiger partial charge in [0.25, 0.3) is 11.8 Å². The first kappa shape index (κ1) is 20.8. The molecule has 27 heavy (non-hydrogen) atoms. The highest BCUT2D eigenvalue weighted by molar-refractivity contribution is 6.02. The Kier molecular flexibility index (Phi) is 7.69. The topological polar surface area (TPSA) is 83.8 Å². The fourth-order valence-corrected chi connectivity index (χ4v) is 2.91. The molecule has 2 amide bonds. The molecule has 2 aromatic rings. The minimum absolute atomic E-state index is 0. The number of furan rings is 1. The van der Waals surface area contributed by atoms with Crippen LogP contribution in [0.25, 0.3) is 0 Å². The normalized spacial score (nSPS) is 14.1. The second-order valence-corrected chi connectivity index (χ2v) is 6.23. The fraction of sp³-hybridized carbons (Fsp3) is 0.368. The van der Waals surface area contributed by atoms with Crippen molar-refractivity contribution >= 4 is 29.9 Å². The van der Waals surface area contributed by atoms with Crippen molar-refractivity contribution in [3.63, 3.8) is 0 Å². The van der Waals surface area contributed by atoms with E-state index in [-0.39, 0.29) is 42.6 Å². The van der Waals surface area contributed by atoms with Crippen LogP contribution in [-0.4, -0.2) is 49.5 Å². The number of hydrogen-bond acceptors (Lipinski definition) is 5. The van der Waals surface area contributed by atoms with Gasteiger partial charge in [-0.1, -0.05) is 6.07 Å². The number of piperidine rings is 1. The van der Waals surface area contributed by atoms with Gasteiger partial charge in [-0.05, 0) is 50.2 Å². The highest BCUT2D eigenvalue weighted by Gasteiger charge is 2.22. The Hall–Kier alpha value is -2.51. The molecule has 0 atom stereocenters. The molecule has 1 aliphatic rings. The number of ether oxygens (including phenoxy) is 1. The average Bonchev–Trinajstić information content (AvgIpc) is 3.21. The number of carbonyl (C=O) groups is 2. The van der Waals surface area contributed by atoms with Crippen molar-refractivity contribution in [2.75, 3.05) is 32.1 Å². The molecule has 146 valence electrons. The maximum Gasteiger partial charge on any atom is 0.291 e. The summed E-state index contributed by atoms with van der Waals surface area (Å²) in [5.41, 5.74) is 0.572. The van der Waals surface area contributed by atoms with Gasteiger partial charge in [-0.2, -0.15) is 0 Å². The second-order valence-electron chi connectivity index (χ2n) is 6.23. The van der Waals surface area contributed by atoms with E-state index < -0.39 is 0 Å². The van der Waals surface area contributed by atoms with Crippen LogP contribution in [0.2, 0.25) is 0 Å². The Morgan fingerprint density at radius 3 is 2.74 bits per heavy atom. The van der Waals surface area contributed by atoms with Gasteiger partial charge >= 0.3 is 0 Å². The quantitative estimate of drug-likeness (QED) is 0.788. The zero-order chi connectivity index (χ0) is 18.4. The Morgan fingerprint density at radius 1 is 1.26 bits per heavy atom. The van der Waals surface area contributed by atoms with Crippen molar-refractivity contribution < 1.29 is 18.7 Å². The molecule has 1 aromatic carbocycles. The van der Waals surface area contributed by atoms with E-state index in [0.29, 0.717) is 11.4 Å². The largest absolute Gasteiger partial charge is 0.484 e. The molecule has 2 heterocycles. The molecule has 0 bridgehead atoms. The van der Waals surface area contributed by atoms with E-state index in [2.05, 4.69) is 10.6 Å². The van der Waals surface area contributed by atoms with E-state index in [9.17, 15) is 9.59 Å². The minimum atomic E-state index is -0.339. The monoisotopic (exact) mass is 393 g/mol. The molecular weight excluding hydrogens is 370 g/mol. The van der Waals surface area contributed by atoms with Crippen LogP contribution >= 0.6 is 12.4 Å². The molecular formula is C19H24ClN3O4. The lowest BCUT2D eigenvalue weighted by molar-refractivity contribution is -0.134. The lowest BCUT2D eigenvalue weighted by Crippen LogP contribution is -2.45. The number of benzene rings is 1. The smallest absolute Gasteiger partial charge is 0.291 e.